The molecule has 1 aromatic carbocycles. The molecule has 3 N–H and O–H groups in total. The summed E-state index contributed by atoms with van der Waals surface area (Å²) in [6, 6.07) is 7.29. The number of β-amino-alcohol motifs (C(OH)–C–C–N with tert-alkyl or cyclic N) is 2. The summed E-state index contributed by atoms with van der Waals surface area (Å²) >= 11 is 1.53. The van der Waals surface area contributed by atoms with E-state index >= 15 is 0 Å². The first kappa shape index (κ1) is 19.1. The Bertz CT molecular complexity index is 456. The summed E-state index contributed by atoms with van der Waals surface area (Å²) in [5.74, 6) is 0.577. The van der Waals surface area contributed by atoms with Gasteiger partial charge in [0.15, 0.2) is 5.78 Å². The number of aliphatic hydroxyl groups excluding tert-OH is 3. The Morgan fingerprint density at radius 2 is 1.59 bits per heavy atom. The van der Waals surface area contributed by atoms with Gasteiger partial charge in [0, 0.05) is 29.3 Å². The van der Waals surface area contributed by atoms with Crippen molar-refractivity contribution >= 4 is 17.5 Å². The predicted octanol–water partition coefficient (Wildman–Crippen LogP) is 1.02. The standard InChI is InChI=1S/C16H25NO4S/c1-16(2,17(7-9-18)8-10-19)15(21)13-3-5-14(6-4-13)22-12-11-20/h3-6,18-20H,7-12H2,1-2H3. The molecule has 0 aliphatic carbocycles. The van der Waals surface area contributed by atoms with Gasteiger partial charge in [-0.25, -0.2) is 0 Å². The average Bonchev–Trinajstić information content (AvgIpc) is 2.52. The van der Waals surface area contributed by atoms with Gasteiger partial charge in [-0.05, 0) is 26.0 Å². The quantitative estimate of drug-likeness (QED) is 0.440. The van der Waals surface area contributed by atoms with E-state index in [9.17, 15) is 4.79 Å². The highest BCUT2D eigenvalue weighted by atomic mass is 32.2. The molecule has 0 atom stereocenters. The van der Waals surface area contributed by atoms with Crippen LogP contribution in [-0.4, -0.2) is 70.2 Å². The number of aliphatic hydroxyl groups is 3. The first-order chi connectivity index (χ1) is 10.5. The first-order valence-electron chi connectivity index (χ1n) is 7.32. The number of nitrogens with zero attached hydrogens (tertiary/aromatic N) is 1. The molecular formula is C16H25NO4S. The molecule has 0 saturated heterocycles. The third kappa shape index (κ3) is 5.07. The van der Waals surface area contributed by atoms with Gasteiger partial charge >= 0.3 is 0 Å². The van der Waals surface area contributed by atoms with Crippen LogP contribution in [0.15, 0.2) is 29.2 Å². The lowest BCUT2D eigenvalue weighted by atomic mass is 9.91. The van der Waals surface area contributed by atoms with E-state index in [1.807, 2.05) is 12.1 Å². The smallest absolute Gasteiger partial charge is 0.182 e. The number of carbonyl (C=O) groups excluding carboxylic acids is 1. The molecule has 0 heterocycles. The summed E-state index contributed by atoms with van der Waals surface area (Å²) in [7, 11) is 0. The molecule has 0 saturated carbocycles. The Morgan fingerprint density at radius 3 is 2.05 bits per heavy atom. The zero-order valence-electron chi connectivity index (χ0n) is 13.2. The number of rotatable bonds is 10. The SMILES string of the molecule is CC(C)(C(=O)c1ccc(SCCO)cc1)N(CCO)CCO. The van der Waals surface area contributed by atoms with Gasteiger partial charge in [-0.2, -0.15) is 0 Å². The van der Waals surface area contributed by atoms with Gasteiger partial charge in [0.2, 0.25) is 0 Å². The van der Waals surface area contributed by atoms with Crippen molar-refractivity contribution < 1.29 is 20.1 Å². The molecule has 0 aliphatic heterocycles. The van der Waals surface area contributed by atoms with Gasteiger partial charge in [-0.3, -0.25) is 9.69 Å². The van der Waals surface area contributed by atoms with Crippen LogP contribution in [0.2, 0.25) is 0 Å². The van der Waals surface area contributed by atoms with Crippen LogP contribution in [0, 0.1) is 0 Å². The fraction of sp³-hybridized carbons (Fsp3) is 0.562. The Hall–Kier alpha value is -0.920. The highest BCUT2D eigenvalue weighted by Gasteiger charge is 2.34. The molecule has 0 radical (unpaired) electrons. The van der Waals surface area contributed by atoms with Crippen LogP contribution < -0.4 is 0 Å². The number of carbonyl (C=O) groups is 1. The summed E-state index contributed by atoms with van der Waals surface area (Å²) in [4.78, 5) is 15.5. The van der Waals surface area contributed by atoms with E-state index in [1.165, 1.54) is 11.8 Å². The third-order valence-corrected chi connectivity index (χ3v) is 4.55. The van der Waals surface area contributed by atoms with Gasteiger partial charge < -0.3 is 15.3 Å². The molecule has 22 heavy (non-hydrogen) atoms. The maximum Gasteiger partial charge on any atom is 0.182 e. The van der Waals surface area contributed by atoms with Crippen LogP contribution in [-0.2, 0) is 0 Å². The summed E-state index contributed by atoms with van der Waals surface area (Å²) in [6.45, 7) is 4.27. The minimum atomic E-state index is -0.800. The Morgan fingerprint density at radius 1 is 1.05 bits per heavy atom. The summed E-state index contributed by atoms with van der Waals surface area (Å²) in [6.07, 6.45) is 0. The molecule has 1 aromatic rings. The third-order valence-electron chi connectivity index (χ3n) is 3.56. The average molecular weight is 327 g/mol. The Kier molecular flexibility index (Phi) is 8.06. The minimum absolute atomic E-state index is 0.0480. The molecule has 0 aliphatic rings. The van der Waals surface area contributed by atoms with Crippen molar-refractivity contribution in [1.82, 2.24) is 4.90 Å². The second-order valence-electron chi connectivity index (χ2n) is 5.42. The lowest BCUT2D eigenvalue weighted by Crippen LogP contribution is -2.52. The molecular weight excluding hydrogens is 302 g/mol. The molecule has 0 unspecified atom stereocenters. The Balaban J connectivity index is 2.87. The summed E-state index contributed by atoms with van der Waals surface area (Å²) < 4.78 is 0. The topological polar surface area (TPSA) is 81.0 Å². The van der Waals surface area contributed by atoms with Crippen molar-refractivity contribution in [3.8, 4) is 0 Å². The van der Waals surface area contributed by atoms with Crippen molar-refractivity contribution in [3.05, 3.63) is 29.8 Å². The zero-order chi connectivity index (χ0) is 16.6. The highest BCUT2D eigenvalue weighted by Crippen LogP contribution is 2.23. The van der Waals surface area contributed by atoms with E-state index in [0.29, 0.717) is 24.4 Å². The number of hydrogen-bond acceptors (Lipinski definition) is 6. The molecule has 0 aromatic heterocycles. The predicted molar refractivity (Wildman–Crippen MR) is 88.4 cm³/mol. The van der Waals surface area contributed by atoms with Crippen LogP contribution in [0.1, 0.15) is 24.2 Å². The van der Waals surface area contributed by atoms with E-state index in [-0.39, 0.29) is 25.6 Å². The molecule has 124 valence electrons. The van der Waals surface area contributed by atoms with E-state index in [0.717, 1.165) is 4.90 Å². The fourth-order valence-electron chi connectivity index (χ4n) is 2.28. The van der Waals surface area contributed by atoms with E-state index < -0.39 is 5.54 Å². The van der Waals surface area contributed by atoms with E-state index in [1.54, 1.807) is 30.9 Å². The number of thioether (sulfide) groups is 1. The van der Waals surface area contributed by atoms with Gasteiger partial charge in [0.1, 0.15) is 0 Å². The van der Waals surface area contributed by atoms with Crippen molar-refractivity contribution in [2.45, 2.75) is 24.3 Å². The van der Waals surface area contributed by atoms with Crippen molar-refractivity contribution in [3.63, 3.8) is 0 Å². The number of ketones is 1. The van der Waals surface area contributed by atoms with Gasteiger partial charge in [0.05, 0.1) is 25.4 Å². The first-order valence-corrected chi connectivity index (χ1v) is 8.31. The maximum atomic E-state index is 12.7. The van der Waals surface area contributed by atoms with Crippen molar-refractivity contribution in [1.29, 1.82) is 0 Å². The molecule has 1 rings (SSSR count). The fourth-order valence-corrected chi connectivity index (χ4v) is 2.93. The summed E-state index contributed by atoms with van der Waals surface area (Å²) in [5, 5.41) is 27.1. The molecule has 5 nitrogen and oxygen atoms in total. The number of Topliss-reactive ketones (excluding diaryl/α,β-unsaturated/α-hetero) is 1. The molecule has 0 spiro atoms. The molecule has 0 bridgehead atoms. The van der Waals surface area contributed by atoms with Crippen LogP contribution >= 0.6 is 11.8 Å². The minimum Gasteiger partial charge on any atom is -0.396 e. The second-order valence-corrected chi connectivity index (χ2v) is 6.59. The lowest BCUT2D eigenvalue weighted by Gasteiger charge is -2.36. The van der Waals surface area contributed by atoms with Crippen LogP contribution in [0.25, 0.3) is 0 Å². The van der Waals surface area contributed by atoms with Gasteiger partial charge in [0.25, 0.3) is 0 Å². The highest BCUT2D eigenvalue weighted by molar-refractivity contribution is 7.99. The molecule has 0 fully saturated rings. The van der Waals surface area contributed by atoms with E-state index in [4.69, 9.17) is 15.3 Å². The number of benzene rings is 1. The molecule has 0 amide bonds. The maximum absolute atomic E-state index is 12.7. The lowest BCUT2D eigenvalue weighted by molar-refractivity contribution is 0.0516. The second kappa shape index (κ2) is 9.27. The molecule has 6 heteroatoms. The Labute approximate surface area is 136 Å². The van der Waals surface area contributed by atoms with Crippen molar-refractivity contribution in [2.75, 3.05) is 38.7 Å². The van der Waals surface area contributed by atoms with Gasteiger partial charge in [-0.1, -0.05) is 12.1 Å². The van der Waals surface area contributed by atoms with Gasteiger partial charge in [-0.15, -0.1) is 11.8 Å². The van der Waals surface area contributed by atoms with Crippen LogP contribution in [0.3, 0.4) is 0 Å². The normalized spacial score (nSPS) is 11.9. The van der Waals surface area contributed by atoms with Crippen molar-refractivity contribution in [2.24, 2.45) is 0 Å². The number of hydrogen-bond donors (Lipinski definition) is 3. The van der Waals surface area contributed by atoms with E-state index in [2.05, 4.69) is 0 Å². The largest absolute Gasteiger partial charge is 0.396 e. The van der Waals surface area contributed by atoms with Crippen LogP contribution in [0.4, 0.5) is 0 Å². The zero-order valence-corrected chi connectivity index (χ0v) is 14.0. The summed E-state index contributed by atoms with van der Waals surface area (Å²) in [5.41, 5.74) is -0.204. The van der Waals surface area contributed by atoms with Crippen LogP contribution in [0.5, 0.6) is 0 Å². The monoisotopic (exact) mass is 327 g/mol.